The summed E-state index contributed by atoms with van der Waals surface area (Å²) in [6.45, 7) is 0. The smallest absolute Gasteiger partial charge is 0.335 e. The third-order valence-corrected chi connectivity index (χ3v) is 4.97. The lowest BCUT2D eigenvalue weighted by Gasteiger charge is -2.26. The van der Waals surface area contributed by atoms with Crippen LogP contribution in [0.15, 0.2) is 42.0 Å². The second-order valence-electron chi connectivity index (χ2n) is 5.97. The van der Waals surface area contributed by atoms with Crippen LogP contribution in [0.5, 0.6) is 11.5 Å². The summed E-state index contributed by atoms with van der Waals surface area (Å²) in [6.07, 6.45) is 1.30. The van der Waals surface area contributed by atoms with Gasteiger partial charge in [-0.2, -0.15) is 0 Å². The van der Waals surface area contributed by atoms with Gasteiger partial charge in [-0.3, -0.25) is 25.0 Å². The van der Waals surface area contributed by atoms with E-state index in [2.05, 4.69) is 5.32 Å². The lowest BCUT2D eigenvalue weighted by Crippen LogP contribution is -2.54. The zero-order valence-electron chi connectivity index (χ0n) is 15.7. The fourth-order valence-corrected chi connectivity index (χ4v) is 3.67. The van der Waals surface area contributed by atoms with Crippen molar-refractivity contribution in [2.75, 3.05) is 19.1 Å². The first-order valence-corrected chi connectivity index (χ1v) is 9.42. The van der Waals surface area contributed by atoms with Gasteiger partial charge in [-0.25, -0.2) is 9.69 Å². The summed E-state index contributed by atoms with van der Waals surface area (Å²) in [6, 6.07) is 7.24. The molecule has 0 saturated carbocycles. The molecule has 1 fully saturated rings. The fourth-order valence-electron chi connectivity index (χ4n) is 2.83. The van der Waals surface area contributed by atoms with Crippen molar-refractivity contribution in [2.45, 2.75) is 0 Å². The Balaban J connectivity index is 2.06. The minimum absolute atomic E-state index is 0.0352. The van der Waals surface area contributed by atoms with Crippen LogP contribution in [0.1, 0.15) is 5.56 Å². The molecule has 0 atom stereocenters. The van der Waals surface area contributed by atoms with Crippen molar-refractivity contribution >= 4 is 57.9 Å². The van der Waals surface area contributed by atoms with Crippen LogP contribution in [-0.2, 0) is 9.59 Å². The average molecular weight is 523 g/mol. The van der Waals surface area contributed by atoms with E-state index >= 15 is 0 Å². The molecule has 30 heavy (non-hydrogen) atoms. The maximum atomic E-state index is 12.9. The van der Waals surface area contributed by atoms with Crippen LogP contribution in [0.4, 0.5) is 16.2 Å². The zero-order chi connectivity index (χ0) is 22.0. The van der Waals surface area contributed by atoms with Crippen molar-refractivity contribution in [1.29, 1.82) is 0 Å². The monoisotopic (exact) mass is 523 g/mol. The van der Waals surface area contributed by atoms with E-state index in [1.165, 1.54) is 38.5 Å². The maximum absolute atomic E-state index is 12.9. The molecule has 11 heteroatoms. The molecule has 0 aromatic heterocycles. The van der Waals surface area contributed by atoms with Crippen molar-refractivity contribution in [3.05, 3.63) is 61.2 Å². The predicted octanol–water partition coefficient (Wildman–Crippen LogP) is 2.88. The predicted molar refractivity (Wildman–Crippen MR) is 114 cm³/mol. The van der Waals surface area contributed by atoms with Crippen LogP contribution < -0.4 is 19.7 Å². The Hall–Kier alpha value is -3.48. The molecule has 4 amide bonds. The lowest BCUT2D eigenvalue weighted by atomic mass is 10.1. The number of barbiturate groups is 1. The van der Waals surface area contributed by atoms with E-state index in [1.807, 2.05) is 22.6 Å². The van der Waals surface area contributed by atoms with Crippen molar-refractivity contribution in [3.63, 3.8) is 0 Å². The van der Waals surface area contributed by atoms with Gasteiger partial charge in [0.2, 0.25) is 0 Å². The first kappa shape index (κ1) is 21.2. The highest BCUT2D eigenvalue weighted by Crippen LogP contribution is 2.34. The molecule has 1 heterocycles. The Morgan fingerprint density at radius 3 is 2.50 bits per heavy atom. The Bertz CT molecular complexity index is 1110. The molecule has 0 unspecified atom stereocenters. The molecule has 0 bridgehead atoms. The summed E-state index contributed by atoms with van der Waals surface area (Å²) >= 11 is 2.02. The molecule has 2 aromatic rings. The number of amides is 4. The standard InChI is InChI=1S/C19H14IN3O7/c1-29-15-8-10(7-14(20)16(15)30-2)6-13-17(24)21-19(26)22(18(13)25)11-4-3-5-12(9-11)23(27)28/h3-9H,1-2H3,(H,21,24,26)/b13-6+. The van der Waals surface area contributed by atoms with Gasteiger partial charge in [0.1, 0.15) is 5.57 Å². The Morgan fingerprint density at radius 2 is 1.87 bits per heavy atom. The van der Waals surface area contributed by atoms with Gasteiger partial charge in [-0.15, -0.1) is 0 Å². The highest BCUT2D eigenvalue weighted by atomic mass is 127. The number of methoxy groups -OCH3 is 2. The van der Waals surface area contributed by atoms with Crippen LogP contribution in [0.3, 0.4) is 0 Å². The largest absolute Gasteiger partial charge is 0.493 e. The van der Waals surface area contributed by atoms with Gasteiger partial charge in [-0.1, -0.05) is 6.07 Å². The summed E-state index contributed by atoms with van der Waals surface area (Å²) in [5, 5.41) is 13.1. The van der Waals surface area contributed by atoms with E-state index in [4.69, 9.17) is 9.47 Å². The highest BCUT2D eigenvalue weighted by molar-refractivity contribution is 14.1. The SMILES string of the molecule is COc1cc(/C=C2\C(=O)NC(=O)N(c3cccc([N+](=O)[O-])c3)C2=O)cc(I)c1OC. The number of nitro benzene ring substituents is 1. The molecule has 0 radical (unpaired) electrons. The third-order valence-electron chi connectivity index (χ3n) is 4.17. The number of carbonyl (C=O) groups excluding carboxylic acids is 3. The first-order valence-electron chi connectivity index (χ1n) is 8.34. The summed E-state index contributed by atoms with van der Waals surface area (Å²) < 4.78 is 11.2. The molecular weight excluding hydrogens is 509 g/mol. The number of hydrogen-bond acceptors (Lipinski definition) is 7. The Morgan fingerprint density at radius 1 is 1.13 bits per heavy atom. The number of carbonyl (C=O) groups is 3. The van der Waals surface area contributed by atoms with Gasteiger partial charge in [0.05, 0.1) is 28.4 Å². The molecule has 3 rings (SSSR count). The van der Waals surface area contributed by atoms with Crippen molar-refractivity contribution in [1.82, 2.24) is 5.32 Å². The molecule has 2 aromatic carbocycles. The van der Waals surface area contributed by atoms with E-state index in [-0.39, 0.29) is 16.9 Å². The molecule has 154 valence electrons. The molecule has 10 nitrogen and oxygen atoms in total. The third kappa shape index (κ3) is 3.96. The van der Waals surface area contributed by atoms with Gasteiger partial charge < -0.3 is 9.47 Å². The summed E-state index contributed by atoms with van der Waals surface area (Å²) in [5.41, 5.74) is -0.190. The van der Waals surface area contributed by atoms with Crippen LogP contribution in [0, 0.1) is 13.7 Å². The van der Waals surface area contributed by atoms with E-state index in [0.717, 1.165) is 6.07 Å². The average Bonchev–Trinajstić information content (AvgIpc) is 2.70. The van der Waals surface area contributed by atoms with E-state index < -0.39 is 22.8 Å². The minimum Gasteiger partial charge on any atom is -0.493 e. The molecular formula is C19H14IN3O7. The number of benzene rings is 2. The van der Waals surface area contributed by atoms with Crippen molar-refractivity contribution in [2.24, 2.45) is 0 Å². The van der Waals surface area contributed by atoms with E-state index in [1.54, 1.807) is 12.1 Å². The van der Waals surface area contributed by atoms with E-state index in [0.29, 0.717) is 25.5 Å². The first-order chi connectivity index (χ1) is 14.3. The molecule has 1 aliphatic rings. The quantitative estimate of drug-likeness (QED) is 0.210. The van der Waals surface area contributed by atoms with Crippen LogP contribution >= 0.6 is 22.6 Å². The molecule has 0 aliphatic carbocycles. The zero-order valence-corrected chi connectivity index (χ0v) is 17.8. The summed E-state index contributed by atoms with van der Waals surface area (Å²) in [4.78, 5) is 48.6. The number of urea groups is 1. The number of rotatable bonds is 5. The number of hydrogen-bond donors (Lipinski definition) is 1. The summed E-state index contributed by atoms with van der Waals surface area (Å²) in [5.74, 6) is -0.898. The lowest BCUT2D eigenvalue weighted by molar-refractivity contribution is -0.384. The summed E-state index contributed by atoms with van der Waals surface area (Å²) in [7, 11) is 2.94. The van der Waals surface area contributed by atoms with E-state index in [9.17, 15) is 24.5 Å². The number of ether oxygens (including phenoxy) is 2. The van der Waals surface area contributed by atoms with Gasteiger partial charge >= 0.3 is 6.03 Å². The number of anilines is 1. The normalized spacial score (nSPS) is 15.2. The molecule has 1 N–H and O–H groups in total. The van der Waals surface area contributed by atoms with Crippen molar-refractivity contribution in [3.8, 4) is 11.5 Å². The van der Waals surface area contributed by atoms with Crippen LogP contribution in [0.2, 0.25) is 0 Å². The van der Waals surface area contributed by atoms with Crippen molar-refractivity contribution < 1.29 is 28.8 Å². The maximum Gasteiger partial charge on any atom is 0.335 e. The topological polar surface area (TPSA) is 128 Å². The molecule has 0 spiro atoms. The van der Waals surface area contributed by atoms with Gasteiger partial charge in [0.15, 0.2) is 11.5 Å². The molecule has 1 aliphatic heterocycles. The van der Waals surface area contributed by atoms with Crippen LogP contribution in [0.25, 0.3) is 6.08 Å². The Labute approximate surface area is 183 Å². The molecule has 1 saturated heterocycles. The minimum atomic E-state index is -0.996. The van der Waals surface area contributed by atoms with Crippen LogP contribution in [-0.4, -0.2) is 37.0 Å². The number of non-ortho nitro benzene ring substituents is 1. The van der Waals surface area contributed by atoms with Gasteiger partial charge in [0, 0.05) is 12.1 Å². The number of halogens is 1. The fraction of sp³-hybridized carbons (Fsp3) is 0.105. The van der Waals surface area contributed by atoms with Gasteiger partial charge in [-0.05, 0) is 52.4 Å². The number of nitro groups is 1. The van der Waals surface area contributed by atoms with Gasteiger partial charge in [0.25, 0.3) is 17.5 Å². The number of nitrogens with zero attached hydrogens (tertiary/aromatic N) is 2. The highest BCUT2D eigenvalue weighted by Gasteiger charge is 2.37. The second-order valence-corrected chi connectivity index (χ2v) is 7.14. The second kappa shape index (κ2) is 8.49. The number of imide groups is 2. The number of nitrogens with one attached hydrogen (secondary N) is 1. The Kier molecular flexibility index (Phi) is 6.01.